The highest BCUT2D eigenvalue weighted by molar-refractivity contribution is 9.10. The largest absolute Gasteiger partial charge is 0.369 e. The zero-order valence-corrected chi connectivity index (χ0v) is 12.2. The number of hydrogen-bond acceptors (Lipinski definition) is 2. The normalized spacial score (nSPS) is 13.1. The zero-order valence-electron chi connectivity index (χ0n) is 10.6. The molecule has 0 spiro atoms. The minimum Gasteiger partial charge on any atom is -0.369 e. The van der Waals surface area contributed by atoms with Gasteiger partial charge in [0.25, 0.3) is 0 Å². The molecule has 0 aliphatic carbocycles. The summed E-state index contributed by atoms with van der Waals surface area (Å²) < 4.78 is 16.0. The Hall–Kier alpha value is -1.10. The molecule has 2 rings (SSSR count). The Kier molecular flexibility index (Phi) is 3.90. The fourth-order valence-electron chi connectivity index (χ4n) is 2.34. The Morgan fingerprint density at radius 1 is 1.44 bits per heavy atom. The molecule has 0 amide bonds. The van der Waals surface area contributed by atoms with E-state index < -0.39 is 0 Å². The van der Waals surface area contributed by atoms with E-state index in [2.05, 4.69) is 34.8 Å². The molecule has 0 saturated carbocycles. The standard InChI is InChI=1S/C13H17BrFN3/c1-3-5-8(4-2)18-12-7-10(15)9(14)6-11(12)17-13(18)16/h6-8H,3-5H2,1-2H3,(H2,16,17). The first-order valence-electron chi connectivity index (χ1n) is 6.20. The maximum atomic E-state index is 13.7. The maximum absolute atomic E-state index is 13.7. The molecule has 1 atom stereocenters. The lowest BCUT2D eigenvalue weighted by Crippen LogP contribution is -2.11. The molecule has 0 saturated heterocycles. The molecule has 0 aliphatic rings. The summed E-state index contributed by atoms with van der Waals surface area (Å²) in [6.45, 7) is 4.25. The van der Waals surface area contributed by atoms with E-state index in [9.17, 15) is 4.39 Å². The predicted octanol–water partition coefficient (Wildman–Crippen LogP) is 4.27. The van der Waals surface area contributed by atoms with Crippen LogP contribution in [0.15, 0.2) is 16.6 Å². The lowest BCUT2D eigenvalue weighted by Gasteiger charge is -2.18. The number of nitrogens with two attached hydrogens (primary N) is 1. The van der Waals surface area contributed by atoms with E-state index in [0.29, 0.717) is 10.4 Å². The molecule has 0 bridgehead atoms. The van der Waals surface area contributed by atoms with Crippen LogP contribution in [0.25, 0.3) is 11.0 Å². The first-order chi connectivity index (χ1) is 8.58. The van der Waals surface area contributed by atoms with E-state index in [-0.39, 0.29) is 11.9 Å². The van der Waals surface area contributed by atoms with Crippen molar-refractivity contribution in [2.45, 2.75) is 39.2 Å². The third-order valence-corrected chi connectivity index (χ3v) is 3.82. The summed E-state index contributed by atoms with van der Waals surface area (Å²) in [6, 6.07) is 3.46. The number of aromatic nitrogens is 2. The van der Waals surface area contributed by atoms with Crippen LogP contribution in [0.5, 0.6) is 0 Å². The van der Waals surface area contributed by atoms with Crippen molar-refractivity contribution in [1.29, 1.82) is 0 Å². The maximum Gasteiger partial charge on any atom is 0.201 e. The van der Waals surface area contributed by atoms with Crippen molar-refractivity contribution in [3.63, 3.8) is 0 Å². The molecule has 1 heterocycles. The Morgan fingerprint density at radius 3 is 2.78 bits per heavy atom. The molecule has 18 heavy (non-hydrogen) atoms. The number of benzene rings is 1. The van der Waals surface area contributed by atoms with Gasteiger partial charge < -0.3 is 10.3 Å². The fraction of sp³-hybridized carbons (Fsp3) is 0.462. The second kappa shape index (κ2) is 5.26. The van der Waals surface area contributed by atoms with Crippen LogP contribution in [0.3, 0.4) is 0 Å². The van der Waals surface area contributed by atoms with Crippen LogP contribution in [-0.4, -0.2) is 9.55 Å². The lowest BCUT2D eigenvalue weighted by atomic mass is 10.1. The molecule has 3 nitrogen and oxygen atoms in total. The summed E-state index contributed by atoms with van der Waals surface area (Å²) >= 11 is 3.17. The lowest BCUT2D eigenvalue weighted by molar-refractivity contribution is 0.462. The van der Waals surface area contributed by atoms with Gasteiger partial charge in [-0.2, -0.15) is 0 Å². The fourth-order valence-corrected chi connectivity index (χ4v) is 2.67. The highest BCUT2D eigenvalue weighted by Crippen LogP contribution is 2.30. The number of anilines is 1. The number of imidazole rings is 1. The number of halogens is 2. The van der Waals surface area contributed by atoms with Crippen LogP contribution in [0, 0.1) is 5.82 Å². The minimum absolute atomic E-state index is 0.278. The van der Waals surface area contributed by atoms with Crippen LogP contribution in [0.2, 0.25) is 0 Å². The molecular weight excluding hydrogens is 297 g/mol. The molecule has 0 aliphatic heterocycles. The summed E-state index contributed by atoms with van der Waals surface area (Å²) in [5, 5.41) is 0. The molecular formula is C13H17BrFN3. The number of hydrogen-bond donors (Lipinski definition) is 1. The van der Waals surface area contributed by atoms with Crippen LogP contribution in [0.1, 0.15) is 39.2 Å². The molecule has 1 unspecified atom stereocenters. The second-order valence-electron chi connectivity index (χ2n) is 4.45. The highest BCUT2D eigenvalue weighted by atomic mass is 79.9. The topological polar surface area (TPSA) is 43.8 Å². The molecule has 5 heteroatoms. The van der Waals surface area contributed by atoms with Gasteiger partial charge in [0.15, 0.2) is 0 Å². The number of rotatable bonds is 4. The molecule has 1 aromatic heterocycles. The van der Waals surface area contributed by atoms with Crippen molar-refractivity contribution in [3.05, 3.63) is 22.4 Å². The first-order valence-corrected chi connectivity index (χ1v) is 7.00. The molecule has 0 fully saturated rings. The number of fused-ring (bicyclic) bond motifs is 1. The van der Waals surface area contributed by atoms with E-state index in [1.165, 1.54) is 6.07 Å². The van der Waals surface area contributed by atoms with Gasteiger partial charge in [-0.05, 0) is 34.8 Å². The Balaban J connectivity index is 2.62. The molecule has 0 radical (unpaired) electrons. The summed E-state index contributed by atoms with van der Waals surface area (Å²) in [5.74, 6) is 0.179. The molecule has 2 aromatic rings. The van der Waals surface area contributed by atoms with Crippen LogP contribution >= 0.6 is 15.9 Å². The van der Waals surface area contributed by atoms with Crippen molar-refractivity contribution in [2.75, 3.05) is 5.73 Å². The second-order valence-corrected chi connectivity index (χ2v) is 5.30. The Morgan fingerprint density at radius 2 is 2.17 bits per heavy atom. The summed E-state index contributed by atoms with van der Waals surface area (Å²) in [6.07, 6.45) is 3.04. The summed E-state index contributed by atoms with van der Waals surface area (Å²) in [7, 11) is 0. The van der Waals surface area contributed by atoms with Crippen molar-refractivity contribution in [1.82, 2.24) is 9.55 Å². The number of nitrogen functional groups attached to an aromatic ring is 1. The molecule has 1 aromatic carbocycles. The van der Waals surface area contributed by atoms with Crippen LogP contribution in [0.4, 0.5) is 10.3 Å². The van der Waals surface area contributed by atoms with Crippen molar-refractivity contribution in [3.8, 4) is 0 Å². The van der Waals surface area contributed by atoms with E-state index in [1.54, 1.807) is 6.07 Å². The smallest absolute Gasteiger partial charge is 0.201 e. The van der Waals surface area contributed by atoms with Crippen LogP contribution in [-0.2, 0) is 0 Å². The third-order valence-electron chi connectivity index (χ3n) is 3.22. The quantitative estimate of drug-likeness (QED) is 0.916. The van der Waals surface area contributed by atoms with Crippen molar-refractivity contribution < 1.29 is 4.39 Å². The van der Waals surface area contributed by atoms with Gasteiger partial charge in [-0.3, -0.25) is 0 Å². The number of nitrogens with zero attached hydrogens (tertiary/aromatic N) is 2. The molecule has 98 valence electrons. The van der Waals surface area contributed by atoms with Gasteiger partial charge >= 0.3 is 0 Å². The van der Waals surface area contributed by atoms with E-state index in [1.807, 2.05) is 4.57 Å². The van der Waals surface area contributed by atoms with Gasteiger partial charge in [0.2, 0.25) is 5.95 Å². The van der Waals surface area contributed by atoms with Gasteiger partial charge in [0.1, 0.15) is 5.82 Å². The van der Waals surface area contributed by atoms with Crippen molar-refractivity contribution >= 4 is 32.9 Å². The van der Waals surface area contributed by atoms with E-state index in [0.717, 1.165) is 30.3 Å². The minimum atomic E-state index is -0.282. The van der Waals surface area contributed by atoms with Crippen LogP contribution < -0.4 is 5.73 Å². The Bertz CT molecular complexity index is 565. The van der Waals surface area contributed by atoms with Gasteiger partial charge in [-0.25, -0.2) is 9.37 Å². The highest BCUT2D eigenvalue weighted by Gasteiger charge is 2.17. The monoisotopic (exact) mass is 313 g/mol. The summed E-state index contributed by atoms with van der Waals surface area (Å²) in [5.41, 5.74) is 7.48. The van der Waals surface area contributed by atoms with Gasteiger partial charge in [0.05, 0.1) is 15.5 Å². The van der Waals surface area contributed by atoms with Crippen molar-refractivity contribution in [2.24, 2.45) is 0 Å². The van der Waals surface area contributed by atoms with Gasteiger partial charge in [-0.1, -0.05) is 20.3 Å². The average Bonchev–Trinajstić information content (AvgIpc) is 2.63. The first kappa shape index (κ1) is 13.3. The Labute approximate surface area is 114 Å². The van der Waals surface area contributed by atoms with E-state index >= 15 is 0 Å². The van der Waals surface area contributed by atoms with E-state index in [4.69, 9.17) is 5.73 Å². The SMILES string of the molecule is CCCC(CC)n1c(N)nc2cc(Br)c(F)cc21. The summed E-state index contributed by atoms with van der Waals surface area (Å²) in [4.78, 5) is 4.31. The molecule has 2 N–H and O–H groups in total. The third kappa shape index (κ3) is 2.23. The predicted molar refractivity (Wildman–Crippen MR) is 76.0 cm³/mol. The zero-order chi connectivity index (χ0) is 13.3. The van der Waals surface area contributed by atoms with Gasteiger partial charge in [-0.15, -0.1) is 0 Å². The average molecular weight is 314 g/mol. The van der Waals surface area contributed by atoms with Gasteiger partial charge in [0, 0.05) is 12.1 Å².